The molecule has 0 aromatic heterocycles. The number of nitrogens with two attached hydrogens (primary N) is 1. The minimum absolute atomic E-state index is 0.0944. The van der Waals surface area contributed by atoms with Crippen LogP contribution in [0.3, 0.4) is 0 Å². The van der Waals surface area contributed by atoms with E-state index in [4.69, 9.17) is 10.5 Å². The van der Waals surface area contributed by atoms with Gasteiger partial charge in [0, 0.05) is 23.5 Å². The van der Waals surface area contributed by atoms with Gasteiger partial charge in [0.25, 0.3) is 0 Å². The third kappa shape index (κ3) is 4.31. The Labute approximate surface area is 116 Å². The van der Waals surface area contributed by atoms with Crippen molar-refractivity contribution in [3.63, 3.8) is 0 Å². The van der Waals surface area contributed by atoms with Crippen LogP contribution in [0.4, 0.5) is 11.4 Å². The molecule has 0 fully saturated rings. The van der Waals surface area contributed by atoms with Crippen LogP contribution in [0.25, 0.3) is 0 Å². The van der Waals surface area contributed by atoms with E-state index in [9.17, 15) is 5.11 Å². The molecule has 4 heteroatoms. The lowest BCUT2D eigenvalue weighted by Crippen LogP contribution is -2.51. The standard InChI is InChI=1S/C15H26N2O2/c1-10(2)19-13-8-11(16)7-12(9-13)17-14(3,4)15(5,6)18/h7-10,17-18H,16H2,1-6H3. The van der Waals surface area contributed by atoms with Crippen LogP contribution >= 0.6 is 0 Å². The second kappa shape index (κ2) is 5.29. The van der Waals surface area contributed by atoms with Gasteiger partial charge in [-0.05, 0) is 47.6 Å². The smallest absolute Gasteiger partial charge is 0.123 e. The maximum atomic E-state index is 10.2. The SMILES string of the molecule is CC(C)Oc1cc(N)cc(NC(C)(C)C(C)(C)O)c1. The third-order valence-electron chi connectivity index (χ3n) is 3.29. The summed E-state index contributed by atoms with van der Waals surface area (Å²) in [6, 6.07) is 5.52. The van der Waals surface area contributed by atoms with Crippen LogP contribution < -0.4 is 15.8 Å². The molecule has 0 amide bonds. The lowest BCUT2D eigenvalue weighted by Gasteiger charge is -2.39. The fourth-order valence-corrected chi connectivity index (χ4v) is 1.55. The van der Waals surface area contributed by atoms with Crippen molar-refractivity contribution in [3.05, 3.63) is 18.2 Å². The first-order valence-corrected chi connectivity index (χ1v) is 6.59. The van der Waals surface area contributed by atoms with E-state index in [1.165, 1.54) is 0 Å². The van der Waals surface area contributed by atoms with Crippen LogP contribution in [0.2, 0.25) is 0 Å². The second-order valence-electron chi connectivity index (χ2n) is 6.27. The number of rotatable bonds is 5. The number of benzene rings is 1. The summed E-state index contributed by atoms with van der Waals surface area (Å²) >= 11 is 0. The molecule has 0 bridgehead atoms. The average molecular weight is 266 g/mol. The highest BCUT2D eigenvalue weighted by atomic mass is 16.5. The number of hydrogen-bond donors (Lipinski definition) is 3. The first-order valence-electron chi connectivity index (χ1n) is 6.59. The van der Waals surface area contributed by atoms with Gasteiger partial charge in [0.1, 0.15) is 5.75 Å². The van der Waals surface area contributed by atoms with E-state index in [0.29, 0.717) is 5.69 Å². The van der Waals surface area contributed by atoms with E-state index < -0.39 is 11.1 Å². The molecular formula is C15H26N2O2. The van der Waals surface area contributed by atoms with Crippen molar-refractivity contribution in [1.29, 1.82) is 0 Å². The zero-order chi connectivity index (χ0) is 14.8. The van der Waals surface area contributed by atoms with E-state index >= 15 is 0 Å². The molecule has 0 saturated heterocycles. The van der Waals surface area contributed by atoms with E-state index in [1.54, 1.807) is 19.9 Å². The van der Waals surface area contributed by atoms with Gasteiger partial charge in [-0.2, -0.15) is 0 Å². The molecule has 19 heavy (non-hydrogen) atoms. The molecule has 1 aromatic carbocycles. The molecule has 108 valence electrons. The van der Waals surface area contributed by atoms with Crippen LogP contribution in [0, 0.1) is 0 Å². The van der Waals surface area contributed by atoms with Crippen LogP contribution in [-0.4, -0.2) is 22.4 Å². The summed E-state index contributed by atoms with van der Waals surface area (Å²) in [5.74, 6) is 0.726. The summed E-state index contributed by atoms with van der Waals surface area (Å²) in [6.45, 7) is 11.4. The van der Waals surface area contributed by atoms with Gasteiger partial charge < -0.3 is 20.9 Å². The normalized spacial score (nSPS) is 12.6. The van der Waals surface area contributed by atoms with Crippen molar-refractivity contribution in [2.24, 2.45) is 0 Å². The summed E-state index contributed by atoms with van der Waals surface area (Å²) < 4.78 is 5.65. The molecule has 0 aliphatic rings. The predicted molar refractivity (Wildman–Crippen MR) is 80.6 cm³/mol. The Morgan fingerprint density at radius 1 is 1.16 bits per heavy atom. The number of hydrogen-bond acceptors (Lipinski definition) is 4. The van der Waals surface area contributed by atoms with Gasteiger partial charge in [0.15, 0.2) is 0 Å². The van der Waals surface area contributed by atoms with E-state index in [0.717, 1.165) is 11.4 Å². The average Bonchev–Trinajstić information content (AvgIpc) is 2.11. The van der Waals surface area contributed by atoms with Crippen LogP contribution in [-0.2, 0) is 0 Å². The topological polar surface area (TPSA) is 67.5 Å². The molecule has 0 spiro atoms. The van der Waals surface area contributed by atoms with Gasteiger partial charge in [-0.3, -0.25) is 0 Å². The number of aliphatic hydroxyl groups is 1. The van der Waals surface area contributed by atoms with Gasteiger partial charge >= 0.3 is 0 Å². The third-order valence-corrected chi connectivity index (χ3v) is 3.29. The Balaban J connectivity index is 2.99. The van der Waals surface area contributed by atoms with Gasteiger partial charge in [-0.1, -0.05) is 0 Å². The summed E-state index contributed by atoms with van der Waals surface area (Å²) in [5, 5.41) is 13.5. The summed E-state index contributed by atoms with van der Waals surface area (Å²) in [6.07, 6.45) is 0.0944. The molecule has 0 aliphatic carbocycles. The van der Waals surface area contributed by atoms with E-state index in [-0.39, 0.29) is 6.10 Å². The molecule has 1 aromatic rings. The van der Waals surface area contributed by atoms with Crippen molar-refractivity contribution < 1.29 is 9.84 Å². The predicted octanol–water partition coefficient (Wildman–Crippen LogP) is 3.02. The van der Waals surface area contributed by atoms with Gasteiger partial charge in [0.2, 0.25) is 0 Å². The Hall–Kier alpha value is -1.42. The molecule has 4 N–H and O–H groups in total. The molecule has 0 saturated carbocycles. The highest BCUT2D eigenvalue weighted by Crippen LogP contribution is 2.29. The van der Waals surface area contributed by atoms with E-state index in [1.807, 2.05) is 39.8 Å². The van der Waals surface area contributed by atoms with Crippen molar-refractivity contribution in [2.75, 3.05) is 11.1 Å². The van der Waals surface area contributed by atoms with Crippen molar-refractivity contribution >= 4 is 11.4 Å². The molecule has 0 radical (unpaired) electrons. The maximum Gasteiger partial charge on any atom is 0.123 e. The van der Waals surface area contributed by atoms with Gasteiger partial charge in [0.05, 0.1) is 17.2 Å². The maximum absolute atomic E-state index is 10.2. The number of anilines is 2. The highest BCUT2D eigenvalue weighted by molar-refractivity contribution is 5.60. The Bertz CT molecular complexity index is 434. The largest absolute Gasteiger partial charge is 0.491 e. The summed E-state index contributed by atoms with van der Waals surface area (Å²) in [4.78, 5) is 0. The number of nitrogens with one attached hydrogen (secondary N) is 1. The zero-order valence-corrected chi connectivity index (χ0v) is 12.7. The first kappa shape index (κ1) is 15.6. The molecule has 0 atom stereocenters. The number of nitrogen functional groups attached to an aromatic ring is 1. The van der Waals surface area contributed by atoms with E-state index in [2.05, 4.69) is 5.32 Å². The first-order chi connectivity index (χ1) is 8.51. The molecular weight excluding hydrogens is 240 g/mol. The van der Waals surface area contributed by atoms with Crippen LogP contribution in [0.5, 0.6) is 5.75 Å². The summed E-state index contributed by atoms with van der Waals surface area (Å²) in [5.41, 5.74) is 5.99. The Morgan fingerprint density at radius 3 is 2.21 bits per heavy atom. The highest BCUT2D eigenvalue weighted by Gasteiger charge is 2.34. The lowest BCUT2D eigenvalue weighted by atomic mass is 9.86. The summed E-state index contributed by atoms with van der Waals surface area (Å²) in [7, 11) is 0. The molecule has 0 unspecified atom stereocenters. The van der Waals surface area contributed by atoms with Crippen LogP contribution in [0.15, 0.2) is 18.2 Å². The second-order valence-corrected chi connectivity index (χ2v) is 6.27. The monoisotopic (exact) mass is 266 g/mol. The minimum Gasteiger partial charge on any atom is -0.491 e. The van der Waals surface area contributed by atoms with Crippen molar-refractivity contribution in [3.8, 4) is 5.75 Å². The molecule has 1 rings (SSSR count). The fraction of sp³-hybridized carbons (Fsp3) is 0.600. The van der Waals surface area contributed by atoms with Crippen molar-refractivity contribution in [2.45, 2.75) is 58.8 Å². The minimum atomic E-state index is -0.864. The van der Waals surface area contributed by atoms with Crippen LogP contribution in [0.1, 0.15) is 41.5 Å². The quantitative estimate of drug-likeness (QED) is 0.717. The molecule has 0 aliphatic heterocycles. The van der Waals surface area contributed by atoms with Gasteiger partial charge in [-0.15, -0.1) is 0 Å². The Morgan fingerprint density at radius 2 is 1.74 bits per heavy atom. The zero-order valence-electron chi connectivity index (χ0n) is 12.7. The lowest BCUT2D eigenvalue weighted by molar-refractivity contribution is 0.0240. The van der Waals surface area contributed by atoms with Gasteiger partial charge in [-0.25, -0.2) is 0 Å². The molecule has 0 heterocycles. The Kier molecular flexibility index (Phi) is 4.35. The fourth-order valence-electron chi connectivity index (χ4n) is 1.55. The number of ether oxygens (including phenoxy) is 1. The molecule has 4 nitrogen and oxygen atoms in total. The van der Waals surface area contributed by atoms with Crippen molar-refractivity contribution in [1.82, 2.24) is 0 Å².